The van der Waals surface area contributed by atoms with E-state index in [-0.39, 0.29) is 16.1 Å². The van der Waals surface area contributed by atoms with E-state index in [2.05, 4.69) is 9.72 Å². The first-order valence-corrected chi connectivity index (χ1v) is 9.58. The first kappa shape index (κ1) is 20.1. The van der Waals surface area contributed by atoms with E-state index in [1.54, 1.807) is 18.3 Å². The Morgan fingerprint density at radius 1 is 0.967 bits per heavy atom. The molecule has 0 saturated carbocycles. The van der Waals surface area contributed by atoms with Crippen LogP contribution in [-0.4, -0.2) is 28.3 Å². The molecular weight excluding hydrogens is 393 g/mol. The highest BCUT2D eigenvalue weighted by Gasteiger charge is 2.45. The zero-order valence-electron chi connectivity index (χ0n) is 16.1. The molecule has 1 atom stereocenters. The molecule has 1 unspecified atom stereocenters. The summed E-state index contributed by atoms with van der Waals surface area (Å²) in [5, 5.41) is 0. The van der Waals surface area contributed by atoms with Crippen LogP contribution < -0.4 is 4.74 Å². The normalized spacial score (nSPS) is 18.3. The van der Waals surface area contributed by atoms with Gasteiger partial charge < -0.3 is 4.74 Å². The molecule has 0 fully saturated rings. The highest BCUT2D eigenvalue weighted by molar-refractivity contribution is 5.92. The Bertz CT molecular complexity index is 1040. The number of carbonyl (C=O) groups is 1. The van der Waals surface area contributed by atoms with Crippen LogP contribution in [0.2, 0.25) is 0 Å². The number of fused-ring (bicyclic) bond motifs is 1. The molecule has 4 rings (SSSR count). The summed E-state index contributed by atoms with van der Waals surface area (Å²) in [6.07, 6.45) is -2.39. The average Bonchev–Trinajstić information content (AvgIpc) is 3.00. The first-order chi connectivity index (χ1) is 14.3. The third-order valence-electron chi connectivity index (χ3n) is 5.32. The molecule has 0 saturated heterocycles. The zero-order chi connectivity index (χ0) is 21.2. The Morgan fingerprint density at radius 2 is 1.70 bits per heavy atom. The molecule has 4 nitrogen and oxygen atoms in total. The molecule has 2 heterocycles. The highest BCUT2D eigenvalue weighted by atomic mass is 19.4. The minimum Gasteiger partial charge on any atom is -0.406 e. The van der Waals surface area contributed by atoms with Gasteiger partial charge in [0.05, 0.1) is 12.1 Å². The Balaban J connectivity index is 1.59. The minimum atomic E-state index is -4.73. The van der Waals surface area contributed by atoms with Gasteiger partial charge in [0.1, 0.15) is 18.8 Å². The number of nitrogens with zero attached hydrogens (tertiary/aromatic N) is 2. The number of rotatable bonds is 6. The van der Waals surface area contributed by atoms with Crippen molar-refractivity contribution in [2.45, 2.75) is 25.9 Å². The van der Waals surface area contributed by atoms with Crippen molar-refractivity contribution in [3.05, 3.63) is 95.3 Å². The van der Waals surface area contributed by atoms with Crippen molar-refractivity contribution in [1.82, 2.24) is 4.98 Å². The smallest absolute Gasteiger partial charge is 0.406 e. The molecule has 30 heavy (non-hydrogen) atoms. The third kappa shape index (κ3) is 4.36. The fourth-order valence-corrected chi connectivity index (χ4v) is 3.93. The van der Waals surface area contributed by atoms with Gasteiger partial charge >= 0.3 is 12.3 Å². The number of hydrogen-bond acceptors (Lipinski definition) is 3. The largest absolute Gasteiger partial charge is 0.573 e. The number of halogens is 3. The fourth-order valence-electron chi connectivity index (χ4n) is 3.93. The van der Waals surface area contributed by atoms with Gasteiger partial charge in [-0.05, 0) is 42.5 Å². The molecule has 0 spiro atoms. The molecular formula is C23H20F3N2O2+. The van der Waals surface area contributed by atoms with Gasteiger partial charge in [0.25, 0.3) is 0 Å². The number of carbonyl (C=O) groups excluding carboxylic acids is 1. The molecule has 1 aliphatic rings. The molecule has 1 aliphatic heterocycles. The van der Waals surface area contributed by atoms with E-state index in [4.69, 9.17) is 0 Å². The molecule has 7 heteroatoms. The summed E-state index contributed by atoms with van der Waals surface area (Å²) in [5.74, 6) is -0.250. The van der Waals surface area contributed by atoms with E-state index in [1.807, 2.05) is 42.5 Å². The molecule has 0 N–H and O–H groups in total. The van der Waals surface area contributed by atoms with Gasteiger partial charge in [0.15, 0.2) is 0 Å². The van der Waals surface area contributed by atoms with Crippen molar-refractivity contribution in [2.24, 2.45) is 0 Å². The van der Waals surface area contributed by atoms with Gasteiger partial charge in [0.2, 0.25) is 0 Å². The molecule has 0 radical (unpaired) electrons. The van der Waals surface area contributed by atoms with Crippen molar-refractivity contribution in [2.75, 3.05) is 6.54 Å². The molecule has 1 amide bonds. The molecule has 0 aliphatic carbocycles. The summed E-state index contributed by atoms with van der Waals surface area (Å²) in [7, 11) is 0. The van der Waals surface area contributed by atoms with Crippen LogP contribution in [0.15, 0.2) is 72.9 Å². The maximum Gasteiger partial charge on any atom is 0.573 e. The molecule has 0 bridgehead atoms. The Kier molecular flexibility index (Phi) is 5.30. The quantitative estimate of drug-likeness (QED) is 0.540. The second-order valence-corrected chi connectivity index (χ2v) is 7.41. The molecule has 3 aromatic rings. The van der Waals surface area contributed by atoms with E-state index in [1.165, 1.54) is 12.1 Å². The lowest BCUT2D eigenvalue weighted by atomic mass is 10.1. The van der Waals surface area contributed by atoms with Crippen LogP contribution in [0, 0.1) is 0 Å². The summed E-state index contributed by atoms with van der Waals surface area (Å²) >= 11 is 0. The fraction of sp³-hybridized carbons (Fsp3) is 0.217. The van der Waals surface area contributed by atoms with Crippen LogP contribution in [0.4, 0.5) is 13.2 Å². The van der Waals surface area contributed by atoms with Gasteiger partial charge in [-0.25, -0.2) is 9.28 Å². The Morgan fingerprint density at radius 3 is 2.37 bits per heavy atom. The zero-order valence-corrected chi connectivity index (χ0v) is 16.1. The van der Waals surface area contributed by atoms with E-state index in [9.17, 15) is 18.0 Å². The highest BCUT2D eigenvalue weighted by Crippen LogP contribution is 2.33. The van der Waals surface area contributed by atoms with Gasteiger partial charge in [-0.1, -0.05) is 24.3 Å². The lowest BCUT2D eigenvalue weighted by molar-refractivity contribution is -0.871. The maximum absolute atomic E-state index is 13.4. The van der Waals surface area contributed by atoms with Crippen molar-refractivity contribution in [3.8, 4) is 5.75 Å². The Hall–Kier alpha value is -3.19. The standard InChI is InChI=1S/C23H20F3N2O2/c24-23(25,26)30-20-10-8-17(9-11-20)15-28(14-12-19-6-3-4-13-27-19)16-18-5-1-2-7-21(18)22(28)29/h1-11,13H,12,14-16H2/q+1. The second-order valence-electron chi connectivity index (χ2n) is 7.41. The predicted octanol–water partition coefficient (Wildman–Crippen LogP) is 4.89. The third-order valence-corrected chi connectivity index (χ3v) is 5.32. The first-order valence-electron chi connectivity index (χ1n) is 9.58. The minimum absolute atomic E-state index is 0.0251. The number of ether oxygens (including phenoxy) is 1. The summed E-state index contributed by atoms with van der Waals surface area (Å²) in [6.45, 7) is 1.47. The van der Waals surface area contributed by atoms with Crippen molar-refractivity contribution >= 4 is 5.91 Å². The van der Waals surface area contributed by atoms with E-state index < -0.39 is 6.36 Å². The number of alkyl halides is 3. The van der Waals surface area contributed by atoms with Crippen LogP contribution in [0.25, 0.3) is 0 Å². The topological polar surface area (TPSA) is 39.2 Å². The van der Waals surface area contributed by atoms with E-state index in [0.29, 0.717) is 31.6 Å². The van der Waals surface area contributed by atoms with Crippen LogP contribution >= 0.6 is 0 Å². The van der Waals surface area contributed by atoms with Gasteiger partial charge in [-0.15, -0.1) is 13.2 Å². The number of quaternary nitrogens is 1. The van der Waals surface area contributed by atoms with Crippen molar-refractivity contribution in [1.29, 1.82) is 0 Å². The summed E-state index contributed by atoms with van der Waals surface area (Å²) < 4.78 is 41.4. The predicted molar refractivity (Wildman–Crippen MR) is 104 cm³/mol. The summed E-state index contributed by atoms with van der Waals surface area (Å²) in [4.78, 5) is 17.7. The monoisotopic (exact) mass is 413 g/mol. The van der Waals surface area contributed by atoms with Crippen molar-refractivity contribution < 1.29 is 27.2 Å². The molecule has 154 valence electrons. The number of pyridine rings is 1. The van der Waals surface area contributed by atoms with Crippen molar-refractivity contribution in [3.63, 3.8) is 0 Å². The van der Waals surface area contributed by atoms with E-state index >= 15 is 0 Å². The van der Waals surface area contributed by atoms with Gasteiger partial charge in [-0.2, -0.15) is 0 Å². The molecule has 2 aromatic carbocycles. The maximum atomic E-state index is 13.4. The van der Waals surface area contributed by atoms with Crippen LogP contribution in [0.1, 0.15) is 27.2 Å². The average molecular weight is 413 g/mol. The number of amides is 1. The van der Waals surface area contributed by atoms with Gasteiger partial charge in [-0.3, -0.25) is 4.98 Å². The van der Waals surface area contributed by atoms with E-state index in [0.717, 1.165) is 16.8 Å². The summed E-state index contributed by atoms with van der Waals surface area (Å²) in [6, 6.07) is 18.9. The molecule has 1 aromatic heterocycles. The lowest BCUT2D eigenvalue weighted by Crippen LogP contribution is -2.48. The number of aromatic nitrogens is 1. The number of hydrogen-bond donors (Lipinski definition) is 0. The Labute approximate surface area is 172 Å². The van der Waals surface area contributed by atoms with Crippen LogP contribution in [0.5, 0.6) is 5.75 Å². The number of benzene rings is 2. The van der Waals surface area contributed by atoms with Crippen LogP contribution in [-0.2, 0) is 19.5 Å². The second kappa shape index (κ2) is 7.91. The lowest BCUT2D eigenvalue weighted by Gasteiger charge is -2.31. The van der Waals surface area contributed by atoms with Gasteiger partial charge in [0, 0.05) is 29.4 Å². The SMILES string of the molecule is O=C1c2ccccc2C[N+]1(CCc1ccccn1)Cc1ccc(OC(F)(F)F)cc1. The van der Waals surface area contributed by atoms with Crippen LogP contribution in [0.3, 0.4) is 0 Å². The summed E-state index contributed by atoms with van der Waals surface area (Å²) in [5.41, 5.74) is 3.36.